The Kier molecular flexibility index (Phi) is 3.81. The molecule has 2 aromatic rings. The van der Waals surface area contributed by atoms with E-state index in [0.29, 0.717) is 28.2 Å². The zero-order valence-corrected chi connectivity index (χ0v) is 11.1. The summed E-state index contributed by atoms with van der Waals surface area (Å²) < 4.78 is 18.8. The molecule has 3 nitrogen and oxygen atoms in total. The van der Waals surface area contributed by atoms with Gasteiger partial charge in [-0.1, -0.05) is 0 Å². The zero-order chi connectivity index (χ0) is 14.7. The summed E-state index contributed by atoms with van der Waals surface area (Å²) in [5, 5.41) is 8.90. The number of hydrogen-bond acceptors (Lipinski definition) is 3. The number of carbonyl (C=O) groups is 1. The van der Waals surface area contributed by atoms with Gasteiger partial charge in [0.15, 0.2) is 5.78 Å². The molecular formula is C16H12FNO2. The van der Waals surface area contributed by atoms with Crippen LogP contribution in [0.3, 0.4) is 0 Å². The summed E-state index contributed by atoms with van der Waals surface area (Å²) in [6.45, 7) is 3.05. The molecule has 2 rings (SSSR count). The van der Waals surface area contributed by atoms with Crippen LogP contribution < -0.4 is 4.74 Å². The van der Waals surface area contributed by atoms with Crippen LogP contribution in [-0.4, -0.2) is 5.78 Å². The van der Waals surface area contributed by atoms with Gasteiger partial charge >= 0.3 is 0 Å². The van der Waals surface area contributed by atoms with Crippen molar-refractivity contribution in [1.29, 1.82) is 5.26 Å². The normalized spacial score (nSPS) is 9.90. The fourth-order valence-corrected chi connectivity index (χ4v) is 1.77. The Bertz CT molecular complexity index is 717. The number of benzene rings is 2. The Morgan fingerprint density at radius 2 is 2.00 bits per heavy atom. The molecule has 0 spiro atoms. The quantitative estimate of drug-likeness (QED) is 0.791. The summed E-state index contributed by atoms with van der Waals surface area (Å²) in [5.74, 6) is 0.224. The third-order valence-electron chi connectivity index (χ3n) is 2.85. The minimum atomic E-state index is -0.324. The Morgan fingerprint density at radius 3 is 2.60 bits per heavy atom. The molecule has 0 aliphatic carbocycles. The SMILES string of the molecule is CC(=O)c1ccc(C#N)cc1Oc1ccc(F)c(C)c1. The monoisotopic (exact) mass is 269 g/mol. The van der Waals surface area contributed by atoms with Gasteiger partial charge in [-0.25, -0.2) is 4.39 Å². The van der Waals surface area contributed by atoms with E-state index in [2.05, 4.69) is 0 Å². The molecule has 4 heteroatoms. The first-order valence-electron chi connectivity index (χ1n) is 6.00. The molecule has 0 fully saturated rings. The van der Waals surface area contributed by atoms with Gasteiger partial charge in [0.05, 0.1) is 17.2 Å². The highest BCUT2D eigenvalue weighted by molar-refractivity contribution is 5.97. The molecule has 0 heterocycles. The maximum Gasteiger partial charge on any atom is 0.163 e. The largest absolute Gasteiger partial charge is 0.457 e. The maximum atomic E-state index is 13.2. The molecule has 0 aromatic heterocycles. The first kappa shape index (κ1) is 13.8. The number of ketones is 1. The van der Waals surface area contributed by atoms with Gasteiger partial charge in [0.25, 0.3) is 0 Å². The molecule has 0 bridgehead atoms. The molecule has 0 saturated carbocycles. The molecule has 2 aromatic carbocycles. The van der Waals surface area contributed by atoms with Crippen LogP contribution >= 0.6 is 0 Å². The van der Waals surface area contributed by atoms with E-state index < -0.39 is 0 Å². The van der Waals surface area contributed by atoms with Crippen LogP contribution in [0.5, 0.6) is 11.5 Å². The average Bonchev–Trinajstić information content (AvgIpc) is 2.42. The highest BCUT2D eigenvalue weighted by atomic mass is 19.1. The van der Waals surface area contributed by atoms with E-state index in [9.17, 15) is 9.18 Å². The summed E-state index contributed by atoms with van der Waals surface area (Å²) in [7, 11) is 0. The first-order chi connectivity index (χ1) is 9.51. The molecule has 0 atom stereocenters. The molecule has 20 heavy (non-hydrogen) atoms. The number of carbonyl (C=O) groups excluding carboxylic acids is 1. The van der Waals surface area contributed by atoms with Gasteiger partial charge in [-0.15, -0.1) is 0 Å². The Labute approximate surface area is 116 Å². The molecule has 0 N–H and O–H groups in total. The molecule has 0 amide bonds. The van der Waals surface area contributed by atoms with Gasteiger partial charge in [0.1, 0.15) is 17.3 Å². The van der Waals surface area contributed by atoms with E-state index in [1.54, 1.807) is 19.1 Å². The molecule has 0 aliphatic heterocycles. The van der Waals surface area contributed by atoms with Gasteiger partial charge in [-0.2, -0.15) is 5.26 Å². The Balaban J connectivity index is 2.43. The van der Waals surface area contributed by atoms with Gasteiger partial charge in [-0.3, -0.25) is 4.79 Å². The van der Waals surface area contributed by atoms with Crippen molar-refractivity contribution in [3.63, 3.8) is 0 Å². The van der Waals surface area contributed by atoms with Crippen molar-refractivity contribution in [2.45, 2.75) is 13.8 Å². The standard InChI is InChI=1S/C16H12FNO2/c1-10-7-13(4-6-15(10)17)20-16-8-12(9-18)3-5-14(16)11(2)19/h3-8H,1-2H3. The van der Waals surface area contributed by atoms with Gasteiger partial charge in [-0.05, 0) is 55.8 Å². The second-order valence-corrected chi connectivity index (χ2v) is 4.39. The van der Waals surface area contributed by atoms with Crippen LogP contribution in [0.2, 0.25) is 0 Å². The highest BCUT2D eigenvalue weighted by Crippen LogP contribution is 2.28. The van der Waals surface area contributed by atoms with E-state index in [4.69, 9.17) is 10.00 Å². The molecular weight excluding hydrogens is 257 g/mol. The van der Waals surface area contributed by atoms with Crippen molar-refractivity contribution in [1.82, 2.24) is 0 Å². The maximum absolute atomic E-state index is 13.2. The number of halogens is 1. The topological polar surface area (TPSA) is 50.1 Å². The number of nitrogens with zero attached hydrogens (tertiary/aromatic N) is 1. The summed E-state index contributed by atoms with van der Waals surface area (Å²) >= 11 is 0. The summed E-state index contributed by atoms with van der Waals surface area (Å²) in [4.78, 5) is 11.6. The minimum Gasteiger partial charge on any atom is -0.457 e. The highest BCUT2D eigenvalue weighted by Gasteiger charge is 2.11. The zero-order valence-electron chi connectivity index (χ0n) is 11.1. The number of ether oxygens (including phenoxy) is 1. The van der Waals surface area contributed by atoms with Crippen LogP contribution in [0.1, 0.15) is 28.4 Å². The van der Waals surface area contributed by atoms with Crippen molar-refractivity contribution in [3.8, 4) is 17.6 Å². The molecule has 0 aliphatic rings. The van der Waals surface area contributed by atoms with Crippen molar-refractivity contribution >= 4 is 5.78 Å². The van der Waals surface area contributed by atoms with Crippen LogP contribution in [-0.2, 0) is 0 Å². The average molecular weight is 269 g/mol. The van der Waals surface area contributed by atoms with E-state index in [1.807, 2.05) is 6.07 Å². The third-order valence-corrected chi connectivity index (χ3v) is 2.85. The van der Waals surface area contributed by atoms with Gasteiger partial charge < -0.3 is 4.74 Å². The van der Waals surface area contributed by atoms with Crippen molar-refractivity contribution in [2.24, 2.45) is 0 Å². The number of hydrogen-bond donors (Lipinski definition) is 0. The number of rotatable bonds is 3. The molecule has 0 unspecified atom stereocenters. The predicted octanol–water partition coefficient (Wildman–Crippen LogP) is 4.00. The number of nitriles is 1. The van der Waals surface area contributed by atoms with Crippen molar-refractivity contribution in [3.05, 3.63) is 58.9 Å². The summed E-state index contributed by atoms with van der Waals surface area (Å²) in [5.41, 5.74) is 1.22. The van der Waals surface area contributed by atoms with Gasteiger partial charge in [0, 0.05) is 0 Å². The van der Waals surface area contributed by atoms with Crippen molar-refractivity contribution < 1.29 is 13.9 Å². The summed E-state index contributed by atoms with van der Waals surface area (Å²) in [6, 6.07) is 10.9. The van der Waals surface area contributed by atoms with E-state index in [-0.39, 0.29) is 11.6 Å². The van der Waals surface area contributed by atoms with Crippen LogP contribution in [0.25, 0.3) is 0 Å². The van der Waals surface area contributed by atoms with Crippen LogP contribution in [0.4, 0.5) is 4.39 Å². The van der Waals surface area contributed by atoms with E-state index in [0.717, 1.165) is 0 Å². The van der Waals surface area contributed by atoms with E-state index in [1.165, 1.54) is 31.2 Å². The van der Waals surface area contributed by atoms with Crippen molar-refractivity contribution in [2.75, 3.05) is 0 Å². The van der Waals surface area contributed by atoms with Gasteiger partial charge in [0.2, 0.25) is 0 Å². The Morgan fingerprint density at radius 1 is 1.25 bits per heavy atom. The van der Waals surface area contributed by atoms with E-state index >= 15 is 0 Å². The number of Topliss-reactive ketones (excluding diaryl/α,β-unsaturated/α-hetero) is 1. The van der Waals surface area contributed by atoms with Crippen LogP contribution in [0.15, 0.2) is 36.4 Å². The first-order valence-corrected chi connectivity index (χ1v) is 6.00. The lowest BCUT2D eigenvalue weighted by Crippen LogP contribution is -1.98. The Hall–Kier alpha value is -2.67. The molecule has 100 valence electrons. The smallest absolute Gasteiger partial charge is 0.163 e. The second-order valence-electron chi connectivity index (χ2n) is 4.39. The van der Waals surface area contributed by atoms with Crippen LogP contribution in [0, 0.1) is 24.1 Å². The number of aryl methyl sites for hydroxylation is 1. The fraction of sp³-hybridized carbons (Fsp3) is 0.125. The molecule has 0 saturated heterocycles. The lowest BCUT2D eigenvalue weighted by molar-refractivity contribution is 0.101. The lowest BCUT2D eigenvalue weighted by Gasteiger charge is -2.10. The molecule has 0 radical (unpaired) electrons. The second kappa shape index (κ2) is 5.54. The minimum absolute atomic E-state index is 0.164. The summed E-state index contributed by atoms with van der Waals surface area (Å²) in [6.07, 6.45) is 0. The third kappa shape index (κ3) is 2.83. The fourth-order valence-electron chi connectivity index (χ4n) is 1.77. The lowest BCUT2D eigenvalue weighted by atomic mass is 10.1. The predicted molar refractivity (Wildman–Crippen MR) is 72.4 cm³/mol.